The second-order valence-electron chi connectivity index (χ2n) is 7.43. The summed E-state index contributed by atoms with van der Waals surface area (Å²) in [6, 6.07) is 11.5. The minimum absolute atomic E-state index is 0.0877. The molecule has 0 fully saturated rings. The van der Waals surface area contributed by atoms with Gasteiger partial charge in [0, 0.05) is 23.8 Å². The van der Waals surface area contributed by atoms with E-state index in [4.69, 9.17) is 4.74 Å². The number of nitrogens with one attached hydrogen (secondary N) is 2. The summed E-state index contributed by atoms with van der Waals surface area (Å²) < 4.78 is 5.39. The summed E-state index contributed by atoms with van der Waals surface area (Å²) in [6.45, 7) is 2.91. The number of para-hydroxylation sites is 2. The lowest BCUT2D eigenvalue weighted by Gasteiger charge is -2.19. The maximum absolute atomic E-state index is 13.3. The number of carbonyl (C=O) groups is 1. The SMILES string of the molecule is COc1ccccc1NC(=O)c1c(NCc2cccnc2)sc2c1CC[C@H](C)C2. The molecule has 0 radical (unpaired) electrons. The summed E-state index contributed by atoms with van der Waals surface area (Å²) in [5.41, 5.74) is 3.73. The Morgan fingerprint density at radius 2 is 2.14 bits per heavy atom. The summed E-state index contributed by atoms with van der Waals surface area (Å²) in [5.74, 6) is 1.22. The molecule has 4 rings (SSSR count). The molecule has 0 aliphatic heterocycles. The molecule has 0 spiro atoms. The zero-order chi connectivity index (χ0) is 20.2. The summed E-state index contributed by atoms with van der Waals surface area (Å²) in [4.78, 5) is 18.8. The molecule has 5 nitrogen and oxygen atoms in total. The normalized spacial score (nSPS) is 15.4. The number of ether oxygens (including phenoxy) is 1. The van der Waals surface area contributed by atoms with Gasteiger partial charge in [0.15, 0.2) is 0 Å². The molecule has 0 unspecified atom stereocenters. The van der Waals surface area contributed by atoms with Crippen LogP contribution >= 0.6 is 11.3 Å². The van der Waals surface area contributed by atoms with E-state index in [1.54, 1.807) is 24.6 Å². The van der Waals surface area contributed by atoms with E-state index >= 15 is 0 Å². The zero-order valence-corrected chi connectivity index (χ0v) is 17.5. The molecule has 1 aliphatic rings. The maximum Gasteiger partial charge on any atom is 0.259 e. The summed E-state index contributed by atoms with van der Waals surface area (Å²) in [6.07, 6.45) is 6.69. The van der Waals surface area contributed by atoms with E-state index in [2.05, 4.69) is 22.5 Å². The van der Waals surface area contributed by atoms with Crippen molar-refractivity contribution in [2.45, 2.75) is 32.7 Å². The largest absolute Gasteiger partial charge is 0.495 e. The number of rotatable bonds is 6. The van der Waals surface area contributed by atoms with Crippen LogP contribution in [0.25, 0.3) is 0 Å². The van der Waals surface area contributed by atoms with Gasteiger partial charge in [-0.15, -0.1) is 11.3 Å². The third-order valence-corrected chi connectivity index (χ3v) is 6.48. The van der Waals surface area contributed by atoms with Crippen molar-refractivity contribution in [2.75, 3.05) is 17.7 Å². The van der Waals surface area contributed by atoms with Gasteiger partial charge in [-0.25, -0.2) is 0 Å². The number of hydrogen-bond acceptors (Lipinski definition) is 5. The number of anilines is 2. The van der Waals surface area contributed by atoms with Crippen LogP contribution in [0.5, 0.6) is 5.75 Å². The van der Waals surface area contributed by atoms with Crippen molar-refractivity contribution >= 4 is 27.9 Å². The standard InChI is InChI=1S/C23H25N3O2S/c1-15-9-10-17-20(12-15)29-23(25-14-16-6-5-11-24-13-16)21(17)22(27)26-18-7-3-4-8-19(18)28-2/h3-8,11,13,15,25H,9-10,12,14H2,1-2H3,(H,26,27)/t15-/m0/s1. The Balaban J connectivity index is 1.64. The Labute approximate surface area is 175 Å². The van der Waals surface area contributed by atoms with Crippen LogP contribution in [0.15, 0.2) is 48.8 Å². The molecule has 2 N–H and O–H groups in total. The van der Waals surface area contributed by atoms with Crippen LogP contribution in [0, 0.1) is 5.92 Å². The maximum atomic E-state index is 13.3. The lowest BCUT2D eigenvalue weighted by Crippen LogP contribution is -2.18. The first-order valence-corrected chi connectivity index (χ1v) is 10.7. The van der Waals surface area contributed by atoms with E-state index in [0.29, 0.717) is 23.9 Å². The Bertz CT molecular complexity index is 1000. The molecule has 2 heterocycles. The topological polar surface area (TPSA) is 63.2 Å². The molecule has 29 heavy (non-hydrogen) atoms. The van der Waals surface area contributed by atoms with Gasteiger partial charge in [0.2, 0.25) is 0 Å². The highest BCUT2D eigenvalue weighted by atomic mass is 32.1. The first-order valence-electron chi connectivity index (χ1n) is 9.87. The van der Waals surface area contributed by atoms with E-state index in [-0.39, 0.29) is 5.91 Å². The fourth-order valence-electron chi connectivity index (χ4n) is 3.73. The highest BCUT2D eigenvalue weighted by Gasteiger charge is 2.28. The van der Waals surface area contributed by atoms with Crippen LogP contribution in [-0.4, -0.2) is 18.0 Å². The van der Waals surface area contributed by atoms with Gasteiger partial charge in [-0.05, 0) is 54.5 Å². The Hall–Kier alpha value is -2.86. The predicted molar refractivity (Wildman–Crippen MR) is 118 cm³/mol. The Morgan fingerprint density at radius 3 is 2.93 bits per heavy atom. The highest BCUT2D eigenvalue weighted by Crippen LogP contribution is 2.40. The monoisotopic (exact) mass is 407 g/mol. The van der Waals surface area contributed by atoms with E-state index in [1.165, 1.54) is 10.4 Å². The van der Waals surface area contributed by atoms with Crippen LogP contribution in [0.2, 0.25) is 0 Å². The summed E-state index contributed by atoms with van der Waals surface area (Å²) >= 11 is 1.71. The molecule has 150 valence electrons. The van der Waals surface area contributed by atoms with Crippen LogP contribution in [0.4, 0.5) is 10.7 Å². The van der Waals surface area contributed by atoms with Gasteiger partial charge >= 0.3 is 0 Å². The molecule has 6 heteroatoms. The molecular weight excluding hydrogens is 382 g/mol. The molecular formula is C23H25N3O2S. The minimum Gasteiger partial charge on any atom is -0.495 e. The number of fused-ring (bicyclic) bond motifs is 1. The summed E-state index contributed by atoms with van der Waals surface area (Å²) in [7, 11) is 1.61. The van der Waals surface area contributed by atoms with E-state index in [1.807, 2.05) is 42.6 Å². The van der Waals surface area contributed by atoms with Crippen molar-refractivity contribution in [1.29, 1.82) is 0 Å². The van der Waals surface area contributed by atoms with E-state index in [0.717, 1.165) is 35.4 Å². The number of carbonyl (C=O) groups excluding carboxylic acids is 1. The van der Waals surface area contributed by atoms with Gasteiger partial charge < -0.3 is 15.4 Å². The average molecular weight is 408 g/mol. The fraction of sp³-hybridized carbons (Fsp3) is 0.304. The number of hydrogen-bond donors (Lipinski definition) is 2. The fourth-order valence-corrected chi connectivity index (χ4v) is 5.14. The number of benzene rings is 1. The first kappa shape index (κ1) is 19.5. The number of methoxy groups -OCH3 is 1. The second kappa shape index (κ2) is 8.66. The molecule has 3 aromatic rings. The van der Waals surface area contributed by atoms with Crippen LogP contribution in [0.3, 0.4) is 0 Å². The van der Waals surface area contributed by atoms with Gasteiger partial charge in [-0.2, -0.15) is 0 Å². The quantitative estimate of drug-likeness (QED) is 0.594. The smallest absolute Gasteiger partial charge is 0.259 e. The second-order valence-corrected chi connectivity index (χ2v) is 8.53. The number of amides is 1. The number of nitrogens with zero attached hydrogens (tertiary/aromatic N) is 1. The highest BCUT2D eigenvalue weighted by molar-refractivity contribution is 7.16. The summed E-state index contributed by atoms with van der Waals surface area (Å²) in [5, 5.41) is 7.47. The Morgan fingerprint density at radius 1 is 1.28 bits per heavy atom. The molecule has 2 aromatic heterocycles. The van der Waals surface area contributed by atoms with Gasteiger partial charge in [0.1, 0.15) is 10.8 Å². The molecule has 0 bridgehead atoms. The van der Waals surface area contributed by atoms with Gasteiger partial charge in [-0.1, -0.05) is 25.1 Å². The molecule has 0 saturated heterocycles. The van der Waals surface area contributed by atoms with Crippen LogP contribution in [-0.2, 0) is 19.4 Å². The average Bonchev–Trinajstić information content (AvgIpc) is 3.11. The van der Waals surface area contributed by atoms with E-state index in [9.17, 15) is 4.79 Å². The number of thiophene rings is 1. The Kier molecular flexibility index (Phi) is 5.81. The van der Waals surface area contributed by atoms with Crippen molar-refractivity contribution in [3.63, 3.8) is 0 Å². The molecule has 1 amide bonds. The first-order chi connectivity index (χ1) is 14.2. The molecule has 1 aliphatic carbocycles. The predicted octanol–water partition coefficient (Wildman–Crippen LogP) is 5.14. The van der Waals surface area contributed by atoms with Gasteiger partial charge in [-0.3, -0.25) is 9.78 Å². The van der Waals surface area contributed by atoms with Gasteiger partial charge in [0.05, 0.1) is 18.4 Å². The third kappa shape index (κ3) is 4.27. The van der Waals surface area contributed by atoms with Crippen LogP contribution < -0.4 is 15.4 Å². The van der Waals surface area contributed by atoms with Crippen molar-refractivity contribution in [1.82, 2.24) is 4.98 Å². The minimum atomic E-state index is -0.0877. The number of pyridine rings is 1. The van der Waals surface area contributed by atoms with Gasteiger partial charge in [0.25, 0.3) is 5.91 Å². The van der Waals surface area contributed by atoms with E-state index < -0.39 is 0 Å². The number of aromatic nitrogens is 1. The van der Waals surface area contributed by atoms with Crippen molar-refractivity contribution < 1.29 is 9.53 Å². The van der Waals surface area contributed by atoms with Crippen LogP contribution in [0.1, 0.15) is 39.7 Å². The van der Waals surface area contributed by atoms with Crippen molar-refractivity contribution in [3.8, 4) is 5.75 Å². The zero-order valence-electron chi connectivity index (χ0n) is 16.7. The lowest BCUT2D eigenvalue weighted by molar-refractivity contribution is 0.102. The molecule has 1 aromatic carbocycles. The van der Waals surface area contributed by atoms with Crippen molar-refractivity contribution in [2.24, 2.45) is 5.92 Å². The molecule has 1 atom stereocenters. The lowest BCUT2D eigenvalue weighted by atomic mass is 9.88. The van der Waals surface area contributed by atoms with Crippen molar-refractivity contribution in [3.05, 3.63) is 70.4 Å². The molecule has 0 saturated carbocycles. The third-order valence-electron chi connectivity index (χ3n) is 5.27.